The highest BCUT2D eigenvalue weighted by Gasteiger charge is 2.36. The van der Waals surface area contributed by atoms with E-state index in [0.29, 0.717) is 67.7 Å². The van der Waals surface area contributed by atoms with E-state index < -0.39 is 29.7 Å². The van der Waals surface area contributed by atoms with Crippen molar-refractivity contribution in [3.63, 3.8) is 0 Å². The van der Waals surface area contributed by atoms with Crippen LogP contribution in [0.15, 0.2) is 25.8 Å². The molecule has 1 amide bonds. The fourth-order valence-corrected chi connectivity index (χ4v) is 4.67. The summed E-state index contributed by atoms with van der Waals surface area (Å²) in [7, 11) is 0. The summed E-state index contributed by atoms with van der Waals surface area (Å²) in [5, 5.41) is 14.2. The normalized spacial score (nSPS) is 20.6. The molecular weight excluding hydrogens is 554 g/mol. The number of hydrogen-bond donors (Lipinski definition) is 2. The molecule has 1 aliphatic heterocycles. The van der Waals surface area contributed by atoms with E-state index in [1.807, 2.05) is 13.0 Å². The Kier molecular flexibility index (Phi) is 11.5. The van der Waals surface area contributed by atoms with Crippen molar-refractivity contribution < 1.29 is 52.0 Å². The van der Waals surface area contributed by atoms with E-state index in [1.54, 1.807) is 13.8 Å². The van der Waals surface area contributed by atoms with Crippen molar-refractivity contribution in [2.45, 2.75) is 39.5 Å². The SMILES string of the molecule is Cc1oc2c(C)c3oc(=O)cc(C)c3cc2c1CNC(=O)[C@@H]1OCCOCCOCCOCCOCCO[C@H]1C(=O)O. The number of fused-ring (bicyclic) bond motifs is 2. The molecule has 0 aliphatic carbocycles. The Labute approximate surface area is 241 Å². The molecule has 230 valence electrons. The molecule has 0 radical (unpaired) electrons. The molecule has 1 aliphatic rings. The number of carbonyl (C=O) groups excluding carboxylic acids is 1. The summed E-state index contributed by atoms with van der Waals surface area (Å²) in [6, 6.07) is 3.27. The lowest BCUT2D eigenvalue weighted by Gasteiger charge is -2.24. The maximum absolute atomic E-state index is 13.4. The summed E-state index contributed by atoms with van der Waals surface area (Å²) in [6.45, 7) is 7.64. The van der Waals surface area contributed by atoms with Gasteiger partial charge in [-0.15, -0.1) is 0 Å². The van der Waals surface area contributed by atoms with Crippen molar-refractivity contribution in [3.05, 3.63) is 45.0 Å². The second-order valence-corrected chi connectivity index (χ2v) is 9.73. The lowest BCUT2D eigenvalue weighted by Crippen LogP contribution is -2.49. The van der Waals surface area contributed by atoms with Gasteiger partial charge in [0.15, 0.2) is 12.2 Å². The Morgan fingerprint density at radius 2 is 1.29 bits per heavy atom. The molecule has 1 aromatic carbocycles. The number of hydrogen-bond acceptors (Lipinski definition) is 11. The van der Waals surface area contributed by atoms with Gasteiger partial charge in [0.25, 0.3) is 5.91 Å². The number of carboxylic acid groups (broad SMARTS) is 1. The maximum atomic E-state index is 13.4. The summed E-state index contributed by atoms with van der Waals surface area (Å²) < 4.78 is 44.4. The van der Waals surface area contributed by atoms with Crippen molar-refractivity contribution in [2.24, 2.45) is 0 Å². The van der Waals surface area contributed by atoms with Gasteiger partial charge < -0.3 is 47.7 Å². The molecule has 4 rings (SSSR count). The zero-order valence-corrected chi connectivity index (χ0v) is 24.0. The van der Waals surface area contributed by atoms with Crippen molar-refractivity contribution in [1.29, 1.82) is 0 Å². The fraction of sp³-hybridized carbons (Fsp3) is 0.552. The molecule has 42 heavy (non-hydrogen) atoms. The Morgan fingerprint density at radius 3 is 1.86 bits per heavy atom. The van der Waals surface area contributed by atoms with E-state index in [1.165, 1.54) is 6.07 Å². The molecule has 13 nitrogen and oxygen atoms in total. The number of aliphatic carboxylic acids is 1. The smallest absolute Gasteiger partial charge is 0.336 e. The van der Waals surface area contributed by atoms with Crippen LogP contribution in [0, 0.1) is 20.8 Å². The van der Waals surface area contributed by atoms with Gasteiger partial charge in [0.05, 0.1) is 66.1 Å². The van der Waals surface area contributed by atoms with Gasteiger partial charge in [-0.3, -0.25) is 4.79 Å². The number of carbonyl (C=O) groups is 2. The van der Waals surface area contributed by atoms with Crippen LogP contribution in [0.5, 0.6) is 0 Å². The summed E-state index contributed by atoms with van der Waals surface area (Å²) in [5.74, 6) is -1.48. The van der Waals surface area contributed by atoms with Gasteiger partial charge in [-0.2, -0.15) is 0 Å². The zero-order valence-electron chi connectivity index (χ0n) is 24.0. The predicted octanol–water partition coefficient (Wildman–Crippen LogP) is 2.02. The van der Waals surface area contributed by atoms with Crippen LogP contribution in [0.25, 0.3) is 21.9 Å². The lowest BCUT2D eigenvalue weighted by atomic mass is 10.0. The first kappa shape index (κ1) is 31.6. The van der Waals surface area contributed by atoms with Gasteiger partial charge in [-0.25, -0.2) is 9.59 Å². The van der Waals surface area contributed by atoms with Gasteiger partial charge in [0.2, 0.25) is 0 Å². The molecule has 0 saturated carbocycles. The number of furan rings is 1. The largest absolute Gasteiger partial charge is 0.479 e. The van der Waals surface area contributed by atoms with Crippen LogP contribution in [0.4, 0.5) is 0 Å². The predicted molar refractivity (Wildman–Crippen MR) is 149 cm³/mol. The van der Waals surface area contributed by atoms with Crippen LogP contribution < -0.4 is 10.9 Å². The van der Waals surface area contributed by atoms with Crippen LogP contribution in [-0.2, 0) is 44.6 Å². The van der Waals surface area contributed by atoms with Gasteiger partial charge >= 0.3 is 11.6 Å². The topological polar surface area (TPSA) is 165 Å². The Morgan fingerprint density at radius 1 is 0.762 bits per heavy atom. The summed E-state index contributed by atoms with van der Waals surface area (Å²) in [5.41, 5.74) is 2.62. The van der Waals surface area contributed by atoms with Gasteiger partial charge in [-0.05, 0) is 32.4 Å². The molecule has 1 saturated heterocycles. The van der Waals surface area contributed by atoms with Crippen molar-refractivity contribution in [2.75, 3.05) is 66.1 Å². The minimum atomic E-state index is -1.59. The molecule has 1 fully saturated rings. The molecule has 2 N–H and O–H groups in total. The third kappa shape index (κ3) is 7.94. The Hall–Kier alpha value is -3.33. The molecule has 0 bridgehead atoms. The van der Waals surface area contributed by atoms with Crippen LogP contribution in [0.3, 0.4) is 0 Å². The van der Waals surface area contributed by atoms with E-state index in [9.17, 15) is 19.5 Å². The standard InChI is InChI=1S/C29H37NO12/c1-17-14-23(31)42-24-18(2)25-21(15-20(17)24)22(19(3)41-25)16-30-28(32)26-27(29(33)34)40-13-11-38-9-7-36-5-4-35-6-8-37-10-12-39-26/h14-15,26-27H,4-13,16H2,1-3H3,(H,30,32)(H,33,34)/t26-,27-/m1/s1. The Bertz CT molecular complexity index is 1430. The minimum Gasteiger partial charge on any atom is -0.479 e. The molecule has 13 heteroatoms. The number of rotatable bonds is 4. The number of carboxylic acids is 1. The second-order valence-electron chi connectivity index (χ2n) is 9.73. The van der Waals surface area contributed by atoms with Crippen LogP contribution >= 0.6 is 0 Å². The average Bonchev–Trinajstić information content (AvgIpc) is 3.27. The maximum Gasteiger partial charge on any atom is 0.336 e. The van der Waals surface area contributed by atoms with Gasteiger partial charge in [0, 0.05) is 34.5 Å². The number of nitrogens with one attached hydrogen (secondary N) is 1. The summed E-state index contributed by atoms with van der Waals surface area (Å²) >= 11 is 0. The first-order valence-electron chi connectivity index (χ1n) is 13.8. The van der Waals surface area contributed by atoms with E-state index in [-0.39, 0.29) is 33.0 Å². The molecule has 2 aromatic heterocycles. The number of amides is 1. The van der Waals surface area contributed by atoms with Crippen molar-refractivity contribution in [1.82, 2.24) is 5.32 Å². The lowest BCUT2D eigenvalue weighted by molar-refractivity contribution is -0.171. The van der Waals surface area contributed by atoms with Crippen LogP contribution in [0.2, 0.25) is 0 Å². The monoisotopic (exact) mass is 591 g/mol. The summed E-state index contributed by atoms with van der Waals surface area (Å²) in [4.78, 5) is 37.5. The van der Waals surface area contributed by atoms with Crippen molar-refractivity contribution in [3.8, 4) is 0 Å². The zero-order chi connectivity index (χ0) is 30.1. The highest BCUT2D eigenvalue weighted by atomic mass is 16.6. The first-order chi connectivity index (χ1) is 20.3. The minimum absolute atomic E-state index is 0.0294. The summed E-state index contributed by atoms with van der Waals surface area (Å²) in [6.07, 6.45) is -3.06. The Balaban J connectivity index is 1.51. The van der Waals surface area contributed by atoms with Gasteiger partial charge in [0.1, 0.15) is 16.9 Å². The molecular formula is C29H37NO12. The quantitative estimate of drug-likeness (QED) is 0.425. The number of benzene rings is 1. The fourth-order valence-electron chi connectivity index (χ4n) is 4.67. The van der Waals surface area contributed by atoms with E-state index >= 15 is 0 Å². The first-order valence-corrected chi connectivity index (χ1v) is 13.8. The highest BCUT2D eigenvalue weighted by Crippen LogP contribution is 2.34. The van der Waals surface area contributed by atoms with Crippen molar-refractivity contribution >= 4 is 33.8 Å². The third-order valence-corrected chi connectivity index (χ3v) is 6.81. The number of ether oxygens (including phenoxy) is 6. The van der Waals surface area contributed by atoms with Crippen LogP contribution in [-0.4, -0.2) is 95.3 Å². The van der Waals surface area contributed by atoms with E-state index in [4.69, 9.17) is 37.3 Å². The van der Waals surface area contributed by atoms with E-state index in [2.05, 4.69) is 5.32 Å². The molecule has 3 heterocycles. The van der Waals surface area contributed by atoms with E-state index in [0.717, 1.165) is 16.3 Å². The van der Waals surface area contributed by atoms with Crippen LogP contribution in [0.1, 0.15) is 22.5 Å². The van der Waals surface area contributed by atoms with Gasteiger partial charge in [-0.1, -0.05) is 0 Å². The molecule has 0 spiro atoms. The number of aryl methyl sites for hydroxylation is 3. The molecule has 0 unspecified atom stereocenters. The molecule has 2 atom stereocenters. The second kappa shape index (κ2) is 15.2. The average molecular weight is 592 g/mol. The molecule has 3 aromatic rings. The highest BCUT2D eigenvalue weighted by molar-refractivity contribution is 6.00. The third-order valence-electron chi connectivity index (χ3n) is 6.81.